The lowest BCUT2D eigenvalue weighted by atomic mass is 10.2. The maximum Gasteiger partial charge on any atom is 0.256 e. The zero-order valence-corrected chi connectivity index (χ0v) is 14.3. The topological polar surface area (TPSA) is 97.4 Å². The largest absolute Gasteiger partial charge is 0.377 e. The van der Waals surface area contributed by atoms with E-state index >= 15 is 0 Å². The fraction of sp³-hybridized carbons (Fsp3) is 0.294. The van der Waals surface area contributed by atoms with Crippen molar-refractivity contribution in [2.24, 2.45) is 0 Å². The van der Waals surface area contributed by atoms with Crippen LogP contribution < -0.4 is 10.0 Å². The highest BCUT2D eigenvalue weighted by atomic mass is 32.2. The third-order valence-corrected chi connectivity index (χ3v) is 5.26. The lowest BCUT2D eigenvalue weighted by Gasteiger charge is -2.12. The minimum absolute atomic E-state index is 0.0409. The van der Waals surface area contributed by atoms with E-state index < -0.39 is 15.9 Å². The van der Waals surface area contributed by atoms with E-state index in [9.17, 15) is 13.2 Å². The summed E-state index contributed by atoms with van der Waals surface area (Å²) in [5.74, 6) is -0.0212. The van der Waals surface area contributed by atoms with Gasteiger partial charge >= 0.3 is 0 Å². The molecule has 25 heavy (non-hydrogen) atoms. The van der Waals surface area contributed by atoms with Crippen molar-refractivity contribution in [1.82, 2.24) is 9.71 Å². The second kappa shape index (κ2) is 7.73. The van der Waals surface area contributed by atoms with Gasteiger partial charge in [-0.25, -0.2) is 18.1 Å². The van der Waals surface area contributed by atoms with Gasteiger partial charge in [0.15, 0.2) is 0 Å². The van der Waals surface area contributed by atoms with Crippen LogP contribution in [0, 0.1) is 0 Å². The van der Waals surface area contributed by atoms with Gasteiger partial charge in [0.1, 0.15) is 5.82 Å². The minimum atomic E-state index is -3.70. The fourth-order valence-electron chi connectivity index (χ4n) is 2.52. The van der Waals surface area contributed by atoms with Crippen molar-refractivity contribution in [3.8, 4) is 0 Å². The minimum Gasteiger partial charge on any atom is -0.377 e. The number of ether oxygens (including phenoxy) is 1. The van der Waals surface area contributed by atoms with E-state index in [1.807, 2.05) is 0 Å². The molecule has 1 unspecified atom stereocenters. The predicted octanol–water partition coefficient (Wildman–Crippen LogP) is 1.79. The van der Waals surface area contributed by atoms with Crippen LogP contribution in [0.2, 0.25) is 0 Å². The van der Waals surface area contributed by atoms with Crippen LogP contribution in [0.4, 0.5) is 5.82 Å². The van der Waals surface area contributed by atoms with Gasteiger partial charge < -0.3 is 10.1 Å². The molecule has 0 radical (unpaired) electrons. The van der Waals surface area contributed by atoms with Gasteiger partial charge in [-0.3, -0.25) is 4.79 Å². The van der Waals surface area contributed by atoms with Crippen LogP contribution >= 0.6 is 0 Å². The molecule has 1 aromatic carbocycles. The predicted molar refractivity (Wildman–Crippen MR) is 92.8 cm³/mol. The van der Waals surface area contributed by atoms with Crippen LogP contribution in [0.15, 0.2) is 53.6 Å². The van der Waals surface area contributed by atoms with Crippen molar-refractivity contribution in [2.45, 2.75) is 23.8 Å². The molecule has 2 N–H and O–H groups in total. The molecule has 0 saturated carbocycles. The molecular formula is C17H19N3O4S. The average molecular weight is 361 g/mol. The number of nitrogens with zero attached hydrogens (tertiary/aromatic N) is 1. The number of benzene rings is 1. The van der Waals surface area contributed by atoms with Gasteiger partial charge in [0.25, 0.3) is 5.91 Å². The van der Waals surface area contributed by atoms with E-state index in [1.54, 1.807) is 30.5 Å². The molecule has 8 heteroatoms. The average Bonchev–Trinajstić information content (AvgIpc) is 3.15. The number of sulfonamides is 1. The van der Waals surface area contributed by atoms with Crippen molar-refractivity contribution < 1.29 is 17.9 Å². The van der Waals surface area contributed by atoms with Crippen molar-refractivity contribution in [3.63, 3.8) is 0 Å². The Morgan fingerprint density at radius 3 is 2.84 bits per heavy atom. The molecule has 132 valence electrons. The lowest BCUT2D eigenvalue weighted by molar-refractivity contribution is 0.102. The van der Waals surface area contributed by atoms with Crippen LogP contribution in [0.25, 0.3) is 0 Å². The summed E-state index contributed by atoms with van der Waals surface area (Å²) < 4.78 is 32.8. The molecule has 1 atom stereocenters. The number of rotatable bonds is 6. The Morgan fingerprint density at radius 1 is 1.24 bits per heavy atom. The molecule has 3 rings (SSSR count). The molecule has 0 bridgehead atoms. The number of hydrogen-bond donors (Lipinski definition) is 2. The highest BCUT2D eigenvalue weighted by molar-refractivity contribution is 7.89. The molecule has 1 aromatic heterocycles. The van der Waals surface area contributed by atoms with Crippen molar-refractivity contribution in [2.75, 3.05) is 18.5 Å². The molecule has 7 nitrogen and oxygen atoms in total. The molecule has 2 aromatic rings. The Bertz CT molecular complexity index is 834. The smallest absolute Gasteiger partial charge is 0.256 e. The molecule has 1 amide bonds. The summed E-state index contributed by atoms with van der Waals surface area (Å²) in [4.78, 5) is 16.3. The number of carbonyl (C=O) groups is 1. The number of pyridine rings is 1. The Labute approximate surface area is 146 Å². The van der Waals surface area contributed by atoms with Crippen LogP contribution in [0.3, 0.4) is 0 Å². The Kier molecular flexibility index (Phi) is 5.42. The van der Waals surface area contributed by atoms with Crippen molar-refractivity contribution in [3.05, 3.63) is 54.2 Å². The van der Waals surface area contributed by atoms with Gasteiger partial charge in [0, 0.05) is 24.9 Å². The lowest BCUT2D eigenvalue weighted by Crippen LogP contribution is -2.32. The van der Waals surface area contributed by atoms with Crippen molar-refractivity contribution in [1.29, 1.82) is 0 Å². The zero-order valence-electron chi connectivity index (χ0n) is 13.5. The zero-order chi connectivity index (χ0) is 17.7. The first-order chi connectivity index (χ1) is 12.0. The first kappa shape index (κ1) is 17.5. The number of aromatic nitrogens is 1. The van der Waals surface area contributed by atoms with Gasteiger partial charge in [-0.1, -0.05) is 12.1 Å². The van der Waals surface area contributed by atoms with E-state index in [4.69, 9.17) is 4.74 Å². The van der Waals surface area contributed by atoms with E-state index in [0.717, 1.165) is 12.8 Å². The Morgan fingerprint density at radius 2 is 2.12 bits per heavy atom. The SMILES string of the molecule is O=C(Nc1ccccn1)c1cccc(S(=O)(=O)NCC2CCCO2)c1. The molecule has 2 heterocycles. The highest BCUT2D eigenvalue weighted by Crippen LogP contribution is 2.15. The summed E-state index contributed by atoms with van der Waals surface area (Å²) in [5.41, 5.74) is 0.241. The maximum atomic E-state index is 12.4. The third kappa shape index (κ3) is 4.62. The van der Waals surface area contributed by atoms with Gasteiger partial charge in [0.2, 0.25) is 10.0 Å². The van der Waals surface area contributed by atoms with Gasteiger partial charge in [0.05, 0.1) is 11.0 Å². The molecule has 1 aliphatic heterocycles. The van der Waals surface area contributed by atoms with Crippen LogP contribution in [0.5, 0.6) is 0 Å². The van der Waals surface area contributed by atoms with Crippen molar-refractivity contribution >= 4 is 21.7 Å². The summed E-state index contributed by atoms with van der Waals surface area (Å²) in [5, 5.41) is 2.63. The summed E-state index contributed by atoms with van der Waals surface area (Å²) in [6.45, 7) is 0.891. The van der Waals surface area contributed by atoms with E-state index in [2.05, 4.69) is 15.0 Å². The third-order valence-electron chi connectivity index (χ3n) is 3.84. The monoisotopic (exact) mass is 361 g/mol. The number of nitrogens with one attached hydrogen (secondary N) is 2. The highest BCUT2D eigenvalue weighted by Gasteiger charge is 2.21. The summed E-state index contributed by atoms with van der Waals surface area (Å²) in [6, 6.07) is 11.0. The van der Waals surface area contributed by atoms with Crippen LogP contribution in [0.1, 0.15) is 23.2 Å². The standard InChI is InChI=1S/C17H19N3O4S/c21-17(20-16-8-1-2-9-18-16)13-5-3-7-15(11-13)25(22,23)19-12-14-6-4-10-24-14/h1-3,5,7-9,11,14,19H,4,6,10,12H2,(H,18,20,21). The molecule has 0 aliphatic carbocycles. The van der Waals surface area contributed by atoms with Gasteiger partial charge in [-0.05, 0) is 43.2 Å². The van der Waals surface area contributed by atoms with E-state index in [1.165, 1.54) is 18.2 Å². The Hall–Kier alpha value is -2.29. The molecular weight excluding hydrogens is 342 g/mol. The quantitative estimate of drug-likeness (QED) is 0.817. The molecule has 1 aliphatic rings. The van der Waals surface area contributed by atoms with E-state index in [0.29, 0.717) is 12.4 Å². The summed E-state index contributed by atoms with van der Waals surface area (Å²) in [6.07, 6.45) is 3.25. The Balaban J connectivity index is 1.70. The molecule has 0 spiro atoms. The van der Waals surface area contributed by atoms with Gasteiger partial charge in [-0.15, -0.1) is 0 Å². The fourth-order valence-corrected chi connectivity index (χ4v) is 3.63. The van der Waals surface area contributed by atoms with Crippen LogP contribution in [-0.4, -0.2) is 38.6 Å². The second-order valence-electron chi connectivity index (χ2n) is 5.68. The number of carbonyl (C=O) groups excluding carboxylic acids is 1. The first-order valence-corrected chi connectivity index (χ1v) is 9.47. The van der Waals surface area contributed by atoms with E-state index in [-0.39, 0.29) is 23.1 Å². The number of amides is 1. The van der Waals surface area contributed by atoms with Crippen LogP contribution in [-0.2, 0) is 14.8 Å². The first-order valence-electron chi connectivity index (χ1n) is 7.98. The number of anilines is 1. The summed E-state index contributed by atoms with van der Waals surface area (Å²) >= 11 is 0. The number of hydrogen-bond acceptors (Lipinski definition) is 5. The second-order valence-corrected chi connectivity index (χ2v) is 7.45. The summed E-state index contributed by atoms with van der Waals surface area (Å²) in [7, 11) is -3.70. The normalized spacial score (nSPS) is 17.4. The molecule has 1 fully saturated rings. The van der Waals surface area contributed by atoms with Gasteiger partial charge in [-0.2, -0.15) is 0 Å². The maximum absolute atomic E-state index is 12.4. The molecule has 1 saturated heterocycles.